The SMILES string of the molecule is CCN1CCCC1CN(Cc1cc2cccc(C)c2[nH]c1=O)C(=O)Nc1ccc(F)cc1. The molecule has 4 rings (SSSR count). The number of likely N-dealkylation sites (tertiary alicyclic amines) is 1. The molecule has 2 aromatic carbocycles. The highest BCUT2D eigenvalue weighted by Crippen LogP contribution is 2.21. The first-order valence-electron chi connectivity index (χ1n) is 11.1. The Hall–Kier alpha value is -3.19. The molecule has 1 fully saturated rings. The number of aromatic amines is 1. The molecule has 2 amide bonds. The van der Waals surface area contributed by atoms with Crippen LogP contribution in [-0.2, 0) is 6.54 Å². The number of aromatic nitrogens is 1. The molecule has 32 heavy (non-hydrogen) atoms. The zero-order chi connectivity index (χ0) is 22.7. The summed E-state index contributed by atoms with van der Waals surface area (Å²) in [5.41, 5.74) is 2.69. The number of H-pyrrole nitrogens is 1. The number of hydrogen-bond donors (Lipinski definition) is 2. The van der Waals surface area contributed by atoms with Crippen molar-refractivity contribution < 1.29 is 9.18 Å². The van der Waals surface area contributed by atoms with Crippen LogP contribution in [0.4, 0.5) is 14.9 Å². The fourth-order valence-electron chi connectivity index (χ4n) is 4.48. The van der Waals surface area contributed by atoms with Gasteiger partial charge in [-0.15, -0.1) is 0 Å². The minimum absolute atomic E-state index is 0.190. The van der Waals surface area contributed by atoms with Gasteiger partial charge >= 0.3 is 6.03 Å². The molecule has 1 aliphatic heterocycles. The smallest absolute Gasteiger partial charge is 0.321 e. The average molecular weight is 437 g/mol. The number of nitrogens with zero attached hydrogens (tertiary/aromatic N) is 2. The molecule has 3 aromatic rings. The van der Waals surface area contributed by atoms with Crippen LogP contribution in [0, 0.1) is 12.7 Å². The first-order chi connectivity index (χ1) is 15.4. The second-order valence-corrected chi connectivity index (χ2v) is 8.41. The number of amides is 2. The van der Waals surface area contributed by atoms with E-state index in [-0.39, 0.29) is 30.0 Å². The lowest BCUT2D eigenvalue weighted by Gasteiger charge is -2.30. The van der Waals surface area contributed by atoms with E-state index in [0.29, 0.717) is 17.8 Å². The van der Waals surface area contributed by atoms with E-state index in [1.807, 2.05) is 31.2 Å². The maximum atomic E-state index is 13.3. The molecule has 1 aromatic heterocycles. The maximum absolute atomic E-state index is 13.3. The van der Waals surface area contributed by atoms with Crippen molar-refractivity contribution in [2.45, 2.75) is 39.3 Å². The van der Waals surface area contributed by atoms with Crippen LogP contribution in [0.3, 0.4) is 0 Å². The number of aryl methyl sites for hydroxylation is 1. The van der Waals surface area contributed by atoms with E-state index in [2.05, 4.69) is 22.1 Å². The number of rotatable bonds is 6. The largest absolute Gasteiger partial charge is 0.322 e. The first kappa shape index (κ1) is 22.0. The van der Waals surface area contributed by atoms with Crippen LogP contribution in [0.15, 0.2) is 53.3 Å². The summed E-state index contributed by atoms with van der Waals surface area (Å²) in [7, 11) is 0. The summed E-state index contributed by atoms with van der Waals surface area (Å²) in [5, 5.41) is 3.79. The monoisotopic (exact) mass is 436 g/mol. The molecule has 0 aliphatic carbocycles. The van der Waals surface area contributed by atoms with Gasteiger partial charge < -0.3 is 15.2 Å². The van der Waals surface area contributed by atoms with Crippen molar-refractivity contribution in [3.8, 4) is 0 Å². The number of urea groups is 1. The molecule has 2 N–H and O–H groups in total. The summed E-state index contributed by atoms with van der Waals surface area (Å²) in [6, 6.07) is 13.4. The molecule has 6 nitrogen and oxygen atoms in total. The summed E-state index contributed by atoms with van der Waals surface area (Å²) < 4.78 is 13.3. The predicted molar refractivity (Wildman–Crippen MR) is 125 cm³/mol. The third kappa shape index (κ3) is 4.83. The van der Waals surface area contributed by atoms with Crippen LogP contribution in [0.25, 0.3) is 10.9 Å². The van der Waals surface area contributed by atoms with E-state index < -0.39 is 0 Å². The van der Waals surface area contributed by atoms with Crippen molar-refractivity contribution in [2.75, 3.05) is 25.0 Å². The Kier molecular flexibility index (Phi) is 6.55. The topological polar surface area (TPSA) is 68.4 Å². The summed E-state index contributed by atoms with van der Waals surface area (Å²) in [6.07, 6.45) is 2.11. The number of hydrogen-bond acceptors (Lipinski definition) is 3. The molecular formula is C25H29FN4O2. The lowest BCUT2D eigenvalue weighted by atomic mass is 10.1. The molecule has 2 heterocycles. The van der Waals surface area contributed by atoms with Crippen LogP contribution in [-0.4, -0.2) is 46.5 Å². The van der Waals surface area contributed by atoms with Crippen LogP contribution in [0.1, 0.15) is 30.9 Å². The standard InChI is InChI=1S/C25H29FN4O2/c1-3-29-13-5-8-22(29)16-30(25(32)27-21-11-9-20(26)10-12-21)15-19-14-18-7-4-6-17(2)23(18)28-24(19)31/h4,6-7,9-12,14,22H,3,5,8,13,15-16H2,1-2H3,(H,27,32)(H,28,31). The van der Waals surface area contributed by atoms with Crippen LogP contribution < -0.4 is 10.9 Å². The third-order valence-electron chi connectivity index (χ3n) is 6.25. The second kappa shape index (κ2) is 9.53. The number of anilines is 1. The number of para-hydroxylation sites is 1. The van der Waals surface area contributed by atoms with Crippen molar-refractivity contribution in [1.29, 1.82) is 0 Å². The normalized spacial score (nSPS) is 16.4. The average Bonchev–Trinajstić information content (AvgIpc) is 3.23. The van der Waals surface area contributed by atoms with Crippen LogP contribution >= 0.6 is 0 Å². The van der Waals surface area contributed by atoms with Gasteiger partial charge in [-0.3, -0.25) is 9.69 Å². The van der Waals surface area contributed by atoms with E-state index in [1.54, 1.807) is 4.90 Å². The minimum atomic E-state index is -0.359. The first-order valence-corrected chi connectivity index (χ1v) is 11.1. The number of carbonyl (C=O) groups excluding carboxylic acids is 1. The Morgan fingerprint density at radius 2 is 2.03 bits per heavy atom. The number of likely N-dealkylation sites (N-methyl/N-ethyl adjacent to an activating group) is 1. The molecular weight excluding hydrogens is 407 g/mol. The lowest BCUT2D eigenvalue weighted by Crippen LogP contribution is -2.45. The Morgan fingerprint density at radius 1 is 1.25 bits per heavy atom. The van der Waals surface area contributed by atoms with Gasteiger partial charge in [0.2, 0.25) is 0 Å². The number of carbonyl (C=O) groups is 1. The molecule has 1 unspecified atom stereocenters. The Labute approximate surface area is 187 Å². The molecule has 168 valence electrons. The van der Waals surface area contributed by atoms with E-state index >= 15 is 0 Å². The number of fused-ring (bicyclic) bond motifs is 1. The Morgan fingerprint density at radius 3 is 2.78 bits per heavy atom. The van der Waals surface area contributed by atoms with E-state index in [1.165, 1.54) is 24.3 Å². The van der Waals surface area contributed by atoms with Crippen molar-refractivity contribution in [1.82, 2.24) is 14.8 Å². The quantitative estimate of drug-likeness (QED) is 0.598. The Balaban J connectivity index is 1.61. The van der Waals surface area contributed by atoms with Gasteiger partial charge in [-0.2, -0.15) is 0 Å². The molecule has 0 spiro atoms. The highest BCUT2D eigenvalue weighted by Gasteiger charge is 2.28. The van der Waals surface area contributed by atoms with Gasteiger partial charge in [0.05, 0.1) is 12.1 Å². The van der Waals surface area contributed by atoms with Crippen molar-refractivity contribution in [3.05, 3.63) is 75.8 Å². The lowest BCUT2D eigenvalue weighted by molar-refractivity contribution is 0.174. The number of nitrogens with one attached hydrogen (secondary N) is 2. The molecule has 1 aliphatic rings. The molecule has 0 bridgehead atoms. The van der Waals surface area contributed by atoms with Gasteiger partial charge in [0.25, 0.3) is 5.56 Å². The minimum Gasteiger partial charge on any atom is -0.321 e. The highest BCUT2D eigenvalue weighted by atomic mass is 19.1. The molecule has 7 heteroatoms. The second-order valence-electron chi connectivity index (χ2n) is 8.41. The van der Waals surface area contributed by atoms with Gasteiger partial charge in [-0.25, -0.2) is 9.18 Å². The van der Waals surface area contributed by atoms with Crippen molar-refractivity contribution >= 4 is 22.6 Å². The molecule has 0 radical (unpaired) electrons. The van der Waals surface area contributed by atoms with Crippen molar-refractivity contribution in [2.24, 2.45) is 0 Å². The third-order valence-corrected chi connectivity index (χ3v) is 6.25. The zero-order valence-electron chi connectivity index (χ0n) is 18.5. The zero-order valence-corrected chi connectivity index (χ0v) is 18.5. The van der Waals surface area contributed by atoms with Crippen molar-refractivity contribution in [3.63, 3.8) is 0 Å². The fraction of sp³-hybridized carbons (Fsp3) is 0.360. The number of pyridine rings is 1. The molecule has 1 atom stereocenters. The molecule has 1 saturated heterocycles. The highest BCUT2D eigenvalue weighted by molar-refractivity contribution is 5.89. The predicted octanol–water partition coefficient (Wildman–Crippen LogP) is 4.49. The van der Waals surface area contributed by atoms with Gasteiger partial charge in [0, 0.05) is 23.8 Å². The van der Waals surface area contributed by atoms with Gasteiger partial charge in [-0.05, 0) is 74.1 Å². The number of halogens is 1. The maximum Gasteiger partial charge on any atom is 0.322 e. The summed E-state index contributed by atoms with van der Waals surface area (Å²) in [6.45, 7) is 6.74. The van der Waals surface area contributed by atoms with E-state index in [4.69, 9.17) is 0 Å². The van der Waals surface area contributed by atoms with E-state index in [0.717, 1.165) is 42.4 Å². The Bertz CT molecular complexity index is 1160. The van der Waals surface area contributed by atoms with Gasteiger partial charge in [0.15, 0.2) is 0 Å². The summed E-state index contributed by atoms with van der Waals surface area (Å²) in [5.74, 6) is -0.359. The molecule has 0 saturated carbocycles. The summed E-state index contributed by atoms with van der Waals surface area (Å²) in [4.78, 5) is 33.1. The van der Waals surface area contributed by atoms with Gasteiger partial charge in [0.1, 0.15) is 5.82 Å². The van der Waals surface area contributed by atoms with Gasteiger partial charge in [-0.1, -0.05) is 25.1 Å². The van der Waals surface area contributed by atoms with E-state index in [9.17, 15) is 14.0 Å². The fourth-order valence-corrected chi connectivity index (χ4v) is 4.48. The van der Waals surface area contributed by atoms with Crippen LogP contribution in [0.5, 0.6) is 0 Å². The summed E-state index contributed by atoms with van der Waals surface area (Å²) >= 11 is 0. The number of benzene rings is 2. The van der Waals surface area contributed by atoms with Crippen LogP contribution in [0.2, 0.25) is 0 Å².